The Morgan fingerprint density at radius 3 is 2.52 bits per heavy atom. The lowest BCUT2D eigenvalue weighted by Gasteiger charge is -2.47. The summed E-state index contributed by atoms with van der Waals surface area (Å²) in [4.78, 5) is 11.8. The normalized spacial score (nSPS) is 27.1. The van der Waals surface area contributed by atoms with Gasteiger partial charge in [-0.3, -0.25) is 14.8 Å². The fourth-order valence-corrected chi connectivity index (χ4v) is 3.71. The smallest absolute Gasteiger partial charge is 0.193 e. The van der Waals surface area contributed by atoms with Crippen LogP contribution in [0.5, 0.6) is 0 Å². The second-order valence-corrected chi connectivity index (χ2v) is 7.32. The molecular formula is C17H26BrN5. The van der Waals surface area contributed by atoms with Gasteiger partial charge in [0.15, 0.2) is 5.96 Å². The number of rotatable bonds is 4. The first-order valence-electron chi connectivity index (χ1n) is 8.28. The first kappa shape index (κ1) is 16.7. The molecule has 23 heavy (non-hydrogen) atoms. The Labute approximate surface area is 147 Å². The molecule has 1 N–H and O–H groups in total. The molecule has 3 heterocycles. The maximum atomic E-state index is 4.44. The molecule has 0 saturated carbocycles. The number of nitrogens with one attached hydrogen (secondary N) is 1. The lowest BCUT2D eigenvalue weighted by Crippen LogP contribution is -2.63. The van der Waals surface area contributed by atoms with Crippen molar-refractivity contribution in [3.05, 3.63) is 34.3 Å². The highest BCUT2D eigenvalue weighted by Gasteiger charge is 2.31. The summed E-state index contributed by atoms with van der Waals surface area (Å²) in [5.74, 6) is 0.963. The minimum absolute atomic E-state index is 0.607. The molecule has 1 atom stereocenters. The largest absolute Gasteiger partial charge is 0.355 e. The molecule has 4 rings (SSSR count). The average Bonchev–Trinajstić information content (AvgIpc) is 2.58. The fraction of sp³-hybridized carbons (Fsp3) is 0.588. The summed E-state index contributed by atoms with van der Waals surface area (Å²) >= 11 is 3.48. The van der Waals surface area contributed by atoms with Crippen LogP contribution in [-0.2, 0) is 6.54 Å². The van der Waals surface area contributed by atoms with Gasteiger partial charge in [0, 0.05) is 70.4 Å². The van der Waals surface area contributed by atoms with Crippen molar-refractivity contribution in [3.63, 3.8) is 0 Å². The van der Waals surface area contributed by atoms with Crippen LogP contribution >= 0.6 is 15.9 Å². The van der Waals surface area contributed by atoms with E-state index < -0.39 is 0 Å². The summed E-state index contributed by atoms with van der Waals surface area (Å²) in [6, 6.07) is 9.06. The van der Waals surface area contributed by atoms with Crippen LogP contribution in [0.3, 0.4) is 0 Å². The van der Waals surface area contributed by atoms with E-state index in [1.54, 1.807) is 0 Å². The van der Waals surface area contributed by atoms with Crippen LogP contribution in [0.2, 0.25) is 0 Å². The third-order valence-corrected chi connectivity index (χ3v) is 5.32. The molecule has 6 heteroatoms. The highest BCUT2D eigenvalue weighted by atomic mass is 79.9. The minimum Gasteiger partial charge on any atom is -0.355 e. The van der Waals surface area contributed by atoms with Crippen molar-refractivity contribution in [3.8, 4) is 0 Å². The number of hydrogen-bond acceptors (Lipinski definition) is 3. The molecule has 0 aromatic heterocycles. The van der Waals surface area contributed by atoms with Gasteiger partial charge in [-0.2, -0.15) is 0 Å². The molecular weight excluding hydrogens is 354 g/mol. The predicted molar refractivity (Wildman–Crippen MR) is 98.8 cm³/mol. The van der Waals surface area contributed by atoms with Gasteiger partial charge < -0.3 is 10.2 Å². The van der Waals surface area contributed by atoms with E-state index in [-0.39, 0.29) is 0 Å². The van der Waals surface area contributed by atoms with E-state index in [1.807, 2.05) is 7.05 Å². The van der Waals surface area contributed by atoms with Crippen molar-refractivity contribution in [2.75, 3.05) is 53.4 Å². The second kappa shape index (κ2) is 7.64. The van der Waals surface area contributed by atoms with Gasteiger partial charge in [-0.1, -0.05) is 28.1 Å². The van der Waals surface area contributed by atoms with Gasteiger partial charge >= 0.3 is 0 Å². The second-order valence-electron chi connectivity index (χ2n) is 6.40. The maximum Gasteiger partial charge on any atom is 0.193 e. The number of halogens is 1. The van der Waals surface area contributed by atoms with Crippen molar-refractivity contribution < 1.29 is 0 Å². The van der Waals surface area contributed by atoms with Crippen molar-refractivity contribution in [2.24, 2.45) is 4.99 Å². The summed E-state index contributed by atoms with van der Waals surface area (Å²) in [6.45, 7) is 7.88. The first-order chi connectivity index (χ1) is 11.2. The lowest BCUT2D eigenvalue weighted by molar-refractivity contribution is 0.0152. The number of fused-ring (bicyclic) bond motifs is 3. The van der Waals surface area contributed by atoms with Crippen molar-refractivity contribution in [1.29, 1.82) is 0 Å². The molecule has 1 aromatic rings. The summed E-state index contributed by atoms with van der Waals surface area (Å²) in [5.41, 5.74) is 1.28. The minimum atomic E-state index is 0.607. The topological polar surface area (TPSA) is 34.1 Å². The SMILES string of the molecule is CN=C(NCC1CN2CCN1CC2)N(C)Cc1ccc(Br)cc1. The number of hydrogen-bond donors (Lipinski definition) is 1. The maximum absolute atomic E-state index is 4.44. The van der Waals surface area contributed by atoms with E-state index >= 15 is 0 Å². The Hall–Kier alpha value is -1.11. The van der Waals surface area contributed by atoms with E-state index in [0.717, 1.165) is 23.5 Å². The monoisotopic (exact) mass is 379 g/mol. The predicted octanol–water partition coefficient (Wildman–Crippen LogP) is 1.46. The Morgan fingerprint density at radius 2 is 1.96 bits per heavy atom. The Kier molecular flexibility index (Phi) is 5.56. The molecule has 2 bridgehead atoms. The van der Waals surface area contributed by atoms with Gasteiger partial charge in [-0.15, -0.1) is 0 Å². The van der Waals surface area contributed by atoms with Gasteiger partial charge in [0.1, 0.15) is 0 Å². The van der Waals surface area contributed by atoms with Crippen LogP contribution in [0.15, 0.2) is 33.7 Å². The van der Waals surface area contributed by atoms with E-state index in [1.165, 1.54) is 38.3 Å². The van der Waals surface area contributed by atoms with Crippen LogP contribution in [0.4, 0.5) is 0 Å². The van der Waals surface area contributed by atoms with Crippen LogP contribution in [0.25, 0.3) is 0 Å². The number of benzene rings is 1. The average molecular weight is 380 g/mol. The quantitative estimate of drug-likeness (QED) is 0.634. The highest BCUT2D eigenvalue weighted by Crippen LogP contribution is 2.15. The summed E-state index contributed by atoms with van der Waals surface area (Å²) in [6.07, 6.45) is 0. The third-order valence-electron chi connectivity index (χ3n) is 4.79. The molecule has 1 aromatic carbocycles. The Balaban J connectivity index is 1.52. The first-order valence-corrected chi connectivity index (χ1v) is 9.07. The van der Waals surface area contributed by atoms with Crippen LogP contribution in [-0.4, -0.2) is 80.1 Å². The Morgan fingerprint density at radius 1 is 1.26 bits per heavy atom. The molecule has 3 aliphatic rings. The van der Waals surface area contributed by atoms with Gasteiger partial charge in [0.05, 0.1) is 0 Å². The van der Waals surface area contributed by atoms with Crippen molar-refractivity contribution in [2.45, 2.75) is 12.6 Å². The molecule has 5 nitrogen and oxygen atoms in total. The standard InChI is InChI=1S/C17H26BrN5/c1-19-17(21(2)12-14-3-5-15(18)6-4-14)20-11-16-13-22-7-9-23(16)10-8-22/h3-6,16H,7-13H2,1-2H3,(H,19,20). The zero-order valence-corrected chi connectivity index (χ0v) is 15.6. The molecule has 0 amide bonds. The molecule has 1 unspecified atom stereocenters. The highest BCUT2D eigenvalue weighted by molar-refractivity contribution is 9.10. The lowest BCUT2D eigenvalue weighted by atomic mass is 10.1. The summed E-state index contributed by atoms with van der Waals surface area (Å²) < 4.78 is 1.11. The van der Waals surface area contributed by atoms with E-state index in [4.69, 9.17) is 0 Å². The number of guanidine groups is 1. The van der Waals surface area contributed by atoms with Crippen LogP contribution in [0.1, 0.15) is 5.56 Å². The number of aliphatic imine (C=N–C) groups is 1. The van der Waals surface area contributed by atoms with E-state index in [9.17, 15) is 0 Å². The fourth-order valence-electron chi connectivity index (χ4n) is 3.45. The van der Waals surface area contributed by atoms with Crippen LogP contribution < -0.4 is 5.32 Å². The molecule has 126 valence electrons. The van der Waals surface area contributed by atoms with Gasteiger partial charge in [-0.25, -0.2) is 0 Å². The van der Waals surface area contributed by atoms with Gasteiger partial charge in [0.25, 0.3) is 0 Å². The van der Waals surface area contributed by atoms with E-state index in [2.05, 4.69) is 72.3 Å². The number of nitrogens with zero attached hydrogens (tertiary/aromatic N) is 4. The van der Waals surface area contributed by atoms with Crippen LogP contribution in [0, 0.1) is 0 Å². The summed E-state index contributed by atoms with van der Waals surface area (Å²) in [5, 5.41) is 3.55. The molecule has 0 aliphatic carbocycles. The molecule has 3 fully saturated rings. The zero-order valence-electron chi connectivity index (χ0n) is 14.0. The third kappa shape index (κ3) is 4.25. The summed E-state index contributed by atoms with van der Waals surface area (Å²) in [7, 11) is 3.95. The number of piperazine rings is 3. The van der Waals surface area contributed by atoms with Gasteiger partial charge in [-0.05, 0) is 17.7 Å². The van der Waals surface area contributed by atoms with E-state index in [0.29, 0.717) is 6.04 Å². The van der Waals surface area contributed by atoms with Crippen molar-refractivity contribution >= 4 is 21.9 Å². The molecule has 0 radical (unpaired) electrons. The Bertz CT molecular complexity index is 536. The molecule has 3 aliphatic heterocycles. The van der Waals surface area contributed by atoms with Crippen molar-refractivity contribution in [1.82, 2.24) is 20.0 Å². The molecule has 0 spiro atoms. The van der Waals surface area contributed by atoms with Gasteiger partial charge in [0.2, 0.25) is 0 Å². The molecule has 3 saturated heterocycles. The zero-order chi connectivity index (χ0) is 16.2.